The first-order valence-electron chi connectivity index (χ1n) is 6.98. The topological polar surface area (TPSA) is 60.8 Å². The Labute approximate surface area is 110 Å². The predicted molar refractivity (Wildman–Crippen MR) is 71.5 cm³/mol. The first-order valence-corrected chi connectivity index (χ1v) is 6.98. The molecule has 0 aromatic rings. The van der Waals surface area contributed by atoms with Crippen LogP contribution in [0.5, 0.6) is 0 Å². The molecular weight excluding hydrogens is 230 g/mol. The lowest BCUT2D eigenvalue weighted by Gasteiger charge is -2.35. The fourth-order valence-corrected chi connectivity index (χ4v) is 2.68. The number of aliphatic carboxylic acids is 1. The Morgan fingerprint density at radius 3 is 2.61 bits per heavy atom. The molecule has 2 N–H and O–H groups in total. The third kappa shape index (κ3) is 4.58. The third-order valence-corrected chi connectivity index (χ3v) is 3.79. The summed E-state index contributed by atoms with van der Waals surface area (Å²) in [7, 11) is 0. The highest BCUT2D eigenvalue weighted by Gasteiger charge is 2.33. The summed E-state index contributed by atoms with van der Waals surface area (Å²) in [6.45, 7) is 6.89. The van der Waals surface area contributed by atoms with E-state index in [-0.39, 0.29) is 6.10 Å². The molecule has 4 nitrogen and oxygen atoms in total. The molecule has 0 bridgehead atoms. The van der Waals surface area contributed by atoms with Crippen molar-refractivity contribution in [3.63, 3.8) is 0 Å². The highest BCUT2D eigenvalue weighted by molar-refractivity contribution is 5.73. The number of carbonyl (C=O) groups is 1. The molecule has 0 amide bonds. The molecule has 1 saturated heterocycles. The Balaban J connectivity index is 2.70. The molecule has 0 radical (unpaired) electrons. The van der Waals surface area contributed by atoms with Gasteiger partial charge in [0.1, 0.15) is 0 Å². The van der Waals surface area contributed by atoms with Crippen LogP contribution in [-0.4, -0.2) is 46.3 Å². The molecule has 4 heteroatoms. The van der Waals surface area contributed by atoms with Crippen molar-refractivity contribution in [1.29, 1.82) is 0 Å². The minimum atomic E-state index is -0.748. The number of carboxylic acids is 1. The van der Waals surface area contributed by atoms with E-state index in [1.165, 1.54) is 12.8 Å². The molecule has 1 rings (SSSR count). The molecule has 2 unspecified atom stereocenters. The number of hydrogen-bond donors (Lipinski definition) is 2. The van der Waals surface area contributed by atoms with Crippen LogP contribution in [0.25, 0.3) is 0 Å². The first-order chi connectivity index (χ1) is 8.33. The zero-order chi connectivity index (χ0) is 13.8. The van der Waals surface area contributed by atoms with Gasteiger partial charge in [0.05, 0.1) is 11.5 Å². The number of nitrogens with zero attached hydrogens (tertiary/aromatic N) is 1. The third-order valence-electron chi connectivity index (χ3n) is 3.79. The standard InChI is InChI=1S/C14H27NO3/c1-11(16)9-12-7-5-4-6-8-15(12)10-14(2,3)13(17)18/h11-12,16H,4-10H2,1-3H3,(H,17,18). The second-order valence-corrected chi connectivity index (χ2v) is 6.25. The summed E-state index contributed by atoms with van der Waals surface area (Å²) in [6.07, 6.45) is 5.02. The molecular formula is C14H27NO3. The van der Waals surface area contributed by atoms with Crippen molar-refractivity contribution in [3.8, 4) is 0 Å². The van der Waals surface area contributed by atoms with Gasteiger partial charge in [0.15, 0.2) is 0 Å². The molecule has 0 saturated carbocycles. The zero-order valence-corrected chi connectivity index (χ0v) is 11.9. The van der Waals surface area contributed by atoms with Crippen LogP contribution in [-0.2, 0) is 4.79 Å². The smallest absolute Gasteiger partial charge is 0.310 e. The van der Waals surface area contributed by atoms with Gasteiger partial charge in [0.25, 0.3) is 0 Å². The highest BCUT2D eigenvalue weighted by Crippen LogP contribution is 2.25. The van der Waals surface area contributed by atoms with E-state index in [0.717, 1.165) is 25.8 Å². The van der Waals surface area contributed by atoms with Crippen molar-refractivity contribution in [2.75, 3.05) is 13.1 Å². The average Bonchev–Trinajstić information content (AvgIpc) is 2.43. The van der Waals surface area contributed by atoms with Gasteiger partial charge in [0, 0.05) is 12.6 Å². The van der Waals surface area contributed by atoms with E-state index >= 15 is 0 Å². The maximum Gasteiger partial charge on any atom is 0.310 e. The van der Waals surface area contributed by atoms with Crippen LogP contribution < -0.4 is 0 Å². The summed E-state index contributed by atoms with van der Waals surface area (Å²) < 4.78 is 0. The summed E-state index contributed by atoms with van der Waals surface area (Å²) in [4.78, 5) is 13.5. The van der Waals surface area contributed by atoms with E-state index in [0.29, 0.717) is 12.6 Å². The average molecular weight is 257 g/mol. The summed E-state index contributed by atoms with van der Waals surface area (Å²) in [5, 5.41) is 18.8. The van der Waals surface area contributed by atoms with Gasteiger partial charge >= 0.3 is 5.97 Å². The van der Waals surface area contributed by atoms with Crippen molar-refractivity contribution in [1.82, 2.24) is 4.90 Å². The maximum atomic E-state index is 11.2. The summed E-state index contributed by atoms with van der Waals surface area (Å²) in [5.74, 6) is -0.748. The van der Waals surface area contributed by atoms with Crippen LogP contribution in [0.15, 0.2) is 0 Å². The highest BCUT2D eigenvalue weighted by atomic mass is 16.4. The van der Waals surface area contributed by atoms with E-state index in [1.54, 1.807) is 13.8 Å². The lowest BCUT2D eigenvalue weighted by Crippen LogP contribution is -2.45. The van der Waals surface area contributed by atoms with Crippen molar-refractivity contribution in [2.24, 2.45) is 5.41 Å². The molecule has 1 heterocycles. The molecule has 2 atom stereocenters. The number of carboxylic acid groups (broad SMARTS) is 1. The number of rotatable bonds is 5. The second kappa shape index (κ2) is 6.53. The van der Waals surface area contributed by atoms with Gasteiger partial charge in [-0.05, 0) is 46.6 Å². The van der Waals surface area contributed by atoms with Gasteiger partial charge in [-0.1, -0.05) is 12.8 Å². The van der Waals surface area contributed by atoms with Gasteiger partial charge in [-0.3, -0.25) is 9.69 Å². The molecule has 0 spiro atoms. The Kier molecular flexibility index (Phi) is 5.60. The predicted octanol–water partition coefficient (Wildman–Crippen LogP) is 2.11. The van der Waals surface area contributed by atoms with Crippen LogP contribution in [0.1, 0.15) is 52.9 Å². The maximum absolute atomic E-state index is 11.2. The molecule has 0 aromatic carbocycles. The van der Waals surface area contributed by atoms with E-state index in [2.05, 4.69) is 4.90 Å². The lowest BCUT2D eigenvalue weighted by atomic mass is 9.91. The Morgan fingerprint density at radius 1 is 1.39 bits per heavy atom. The van der Waals surface area contributed by atoms with Crippen LogP contribution in [0.3, 0.4) is 0 Å². The fraction of sp³-hybridized carbons (Fsp3) is 0.929. The SMILES string of the molecule is CC(O)CC1CCCCCN1CC(C)(C)C(=O)O. The van der Waals surface area contributed by atoms with Crippen LogP contribution >= 0.6 is 0 Å². The Morgan fingerprint density at radius 2 is 2.06 bits per heavy atom. The zero-order valence-electron chi connectivity index (χ0n) is 11.9. The van der Waals surface area contributed by atoms with Crippen molar-refractivity contribution >= 4 is 5.97 Å². The van der Waals surface area contributed by atoms with E-state index in [9.17, 15) is 15.0 Å². The number of likely N-dealkylation sites (tertiary alicyclic amines) is 1. The minimum absolute atomic E-state index is 0.316. The molecule has 1 aliphatic rings. The summed E-state index contributed by atoms with van der Waals surface area (Å²) >= 11 is 0. The summed E-state index contributed by atoms with van der Waals surface area (Å²) in [5.41, 5.74) is -0.721. The fourth-order valence-electron chi connectivity index (χ4n) is 2.68. The quantitative estimate of drug-likeness (QED) is 0.792. The molecule has 1 fully saturated rings. The minimum Gasteiger partial charge on any atom is -0.481 e. The molecule has 0 aromatic heterocycles. The molecule has 106 valence electrons. The van der Waals surface area contributed by atoms with Crippen LogP contribution in [0.4, 0.5) is 0 Å². The first kappa shape index (κ1) is 15.4. The molecule has 18 heavy (non-hydrogen) atoms. The number of hydrogen-bond acceptors (Lipinski definition) is 3. The van der Waals surface area contributed by atoms with Gasteiger partial charge < -0.3 is 10.2 Å². The normalized spacial score (nSPS) is 24.6. The van der Waals surface area contributed by atoms with Crippen molar-refractivity contribution in [2.45, 2.75) is 65.0 Å². The van der Waals surface area contributed by atoms with Gasteiger partial charge in [0.2, 0.25) is 0 Å². The van der Waals surface area contributed by atoms with E-state index in [4.69, 9.17) is 0 Å². The van der Waals surface area contributed by atoms with E-state index < -0.39 is 11.4 Å². The van der Waals surface area contributed by atoms with Crippen molar-refractivity contribution in [3.05, 3.63) is 0 Å². The second-order valence-electron chi connectivity index (χ2n) is 6.25. The Hall–Kier alpha value is -0.610. The monoisotopic (exact) mass is 257 g/mol. The van der Waals surface area contributed by atoms with Crippen LogP contribution in [0, 0.1) is 5.41 Å². The van der Waals surface area contributed by atoms with Gasteiger partial charge in [-0.2, -0.15) is 0 Å². The van der Waals surface area contributed by atoms with Gasteiger partial charge in [-0.15, -0.1) is 0 Å². The van der Waals surface area contributed by atoms with E-state index in [1.807, 2.05) is 6.92 Å². The molecule has 0 aliphatic carbocycles. The van der Waals surface area contributed by atoms with Gasteiger partial charge in [-0.25, -0.2) is 0 Å². The Bertz CT molecular complexity index is 276. The number of aliphatic hydroxyl groups excluding tert-OH is 1. The largest absolute Gasteiger partial charge is 0.481 e. The van der Waals surface area contributed by atoms with Crippen molar-refractivity contribution < 1.29 is 15.0 Å². The number of aliphatic hydroxyl groups is 1. The lowest BCUT2D eigenvalue weighted by molar-refractivity contribution is -0.148. The summed E-state index contributed by atoms with van der Waals surface area (Å²) in [6, 6.07) is 0.325. The van der Waals surface area contributed by atoms with Crippen LogP contribution in [0.2, 0.25) is 0 Å². The molecule has 1 aliphatic heterocycles.